The first kappa shape index (κ1) is 12.8. The molecule has 0 aromatic carbocycles. The average molecular weight is 283 g/mol. The van der Waals surface area contributed by atoms with Gasteiger partial charge in [-0.15, -0.1) is 11.3 Å². The van der Waals surface area contributed by atoms with Crippen molar-refractivity contribution >= 4 is 34.5 Å². The lowest BCUT2D eigenvalue weighted by Crippen LogP contribution is -2.26. The van der Waals surface area contributed by atoms with Crippen molar-refractivity contribution in [1.29, 1.82) is 0 Å². The first-order valence-corrected chi connectivity index (χ1v) is 6.43. The number of amides is 1. The summed E-state index contributed by atoms with van der Waals surface area (Å²) in [5.74, 6) is -0.229. The molecule has 7 heteroatoms. The van der Waals surface area contributed by atoms with Gasteiger partial charge in [-0.25, -0.2) is 9.97 Å². The van der Waals surface area contributed by atoms with Crippen LogP contribution in [0.15, 0.2) is 23.2 Å². The van der Waals surface area contributed by atoms with Gasteiger partial charge in [-0.1, -0.05) is 11.6 Å². The van der Waals surface area contributed by atoms with Gasteiger partial charge in [0.2, 0.25) is 0 Å². The molecule has 0 aliphatic carbocycles. The molecule has 5 nitrogen and oxygen atoms in total. The molecule has 0 fully saturated rings. The zero-order chi connectivity index (χ0) is 13.1. The zero-order valence-corrected chi connectivity index (χ0v) is 11.2. The fourth-order valence-electron chi connectivity index (χ4n) is 1.45. The van der Waals surface area contributed by atoms with Crippen molar-refractivity contribution in [2.24, 2.45) is 0 Å². The van der Waals surface area contributed by atoms with E-state index in [9.17, 15) is 4.79 Å². The molecule has 0 spiro atoms. The molecule has 18 heavy (non-hydrogen) atoms. The number of pyridine rings is 1. The summed E-state index contributed by atoms with van der Waals surface area (Å²) in [6.45, 7) is 0.424. The molecule has 94 valence electrons. The summed E-state index contributed by atoms with van der Waals surface area (Å²) in [5.41, 5.74) is 8.87. The lowest BCUT2D eigenvalue weighted by molar-refractivity contribution is 0.0783. The third-order valence-corrected chi connectivity index (χ3v) is 3.26. The smallest absolute Gasteiger partial charge is 0.257 e. The van der Waals surface area contributed by atoms with E-state index in [2.05, 4.69) is 9.97 Å². The van der Waals surface area contributed by atoms with Crippen LogP contribution in [0, 0.1) is 0 Å². The van der Waals surface area contributed by atoms with Crippen LogP contribution in [0.4, 0.5) is 5.69 Å². The highest BCUT2D eigenvalue weighted by atomic mass is 35.5. The third kappa shape index (κ3) is 2.77. The summed E-state index contributed by atoms with van der Waals surface area (Å²) in [7, 11) is 1.68. The van der Waals surface area contributed by atoms with Crippen LogP contribution in [0.1, 0.15) is 16.1 Å². The molecule has 0 unspecified atom stereocenters. The van der Waals surface area contributed by atoms with Gasteiger partial charge in [-0.05, 0) is 6.07 Å². The highest BCUT2D eigenvalue weighted by Crippen LogP contribution is 2.18. The minimum absolute atomic E-state index is 0.152. The number of nitrogen functional groups attached to an aromatic ring is 1. The van der Waals surface area contributed by atoms with Gasteiger partial charge >= 0.3 is 0 Å². The van der Waals surface area contributed by atoms with Gasteiger partial charge < -0.3 is 10.6 Å². The number of nitrogens with two attached hydrogens (primary N) is 1. The van der Waals surface area contributed by atoms with E-state index in [1.807, 2.05) is 5.38 Å². The SMILES string of the molecule is CN(Cc1cscn1)C(=O)c1cc(N)cnc1Cl. The topological polar surface area (TPSA) is 72.1 Å². The Bertz CT molecular complexity index is 558. The predicted molar refractivity (Wildman–Crippen MR) is 71.6 cm³/mol. The third-order valence-electron chi connectivity index (χ3n) is 2.32. The number of aromatic nitrogens is 2. The molecule has 2 heterocycles. The van der Waals surface area contributed by atoms with Crippen molar-refractivity contribution < 1.29 is 4.79 Å². The maximum atomic E-state index is 12.2. The number of carbonyl (C=O) groups is 1. The van der Waals surface area contributed by atoms with E-state index in [0.29, 0.717) is 17.8 Å². The zero-order valence-electron chi connectivity index (χ0n) is 9.63. The molecule has 1 amide bonds. The maximum Gasteiger partial charge on any atom is 0.257 e. The number of nitrogens with zero attached hydrogens (tertiary/aromatic N) is 3. The predicted octanol–water partition coefficient (Wildman–Crippen LogP) is 2.05. The molecular weight excluding hydrogens is 272 g/mol. The van der Waals surface area contributed by atoms with E-state index in [1.165, 1.54) is 28.5 Å². The molecule has 0 atom stereocenters. The second-order valence-electron chi connectivity index (χ2n) is 3.75. The molecule has 0 radical (unpaired) electrons. The van der Waals surface area contributed by atoms with E-state index in [1.54, 1.807) is 12.6 Å². The van der Waals surface area contributed by atoms with E-state index >= 15 is 0 Å². The quantitative estimate of drug-likeness (QED) is 0.875. The van der Waals surface area contributed by atoms with Gasteiger partial charge in [0.25, 0.3) is 5.91 Å². The molecular formula is C11H11ClN4OS. The van der Waals surface area contributed by atoms with Gasteiger partial charge in [0.1, 0.15) is 5.15 Å². The van der Waals surface area contributed by atoms with Crippen LogP contribution in [0.2, 0.25) is 5.15 Å². The van der Waals surface area contributed by atoms with Crippen molar-refractivity contribution in [1.82, 2.24) is 14.9 Å². The number of hydrogen-bond acceptors (Lipinski definition) is 5. The monoisotopic (exact) mass is 282 g/mol. The average Bonchev–Trinajstić information content (AvgIpc) is 2.84. The lowest BCUT2D eigenvalue weighted by atomic mass is 10.2. The Morgan fingerprint density at radius 2 is 2.33 bits per heavy atom. The van der Waals surface area contributed by atoms with Crippen LogP contribution in [-0.2, 0) is 6.54 Å². The van der Waals surface area contributed by atoms with E-state index < -0.39 is 0 Å². The highest BCUT2D eigenvalue weighted by molar-refractivity contribution is 7.07. The van der Waals surface area contributed by atoms with Crippen LogP contribution in [0.25, 0.3) is 0 Å². The number of hydrogen-bond donors (Lipinski definition) is 1. The summed E-state index contributed by atoms with van der Waals surface area (Å²) in [6.07, 6.45) is 1.42. The number of halogens is 1. The number of carbonyl (C=O) groups excluding carboxylic acids is 1. The fraction of sp³-hybridized carbons (Fsp3) is 0.182. The Kier molecular flexibility index (Phi) is 3.78. The van der Waals surface area contributed by atoms with Crippen LogP contribution in [0.5, 0.6) is 0 Å². The Morgan fingerprint density at radius 1 is 1.56 bits per heavy atom. The largest absolute Gasteiger partial charge is 0.397 e. The first-order chi connectivity index (χ1) is 8.58. The van der Waals surface area contributed by atoms with Gasteiger partial charge in [-0.2, -0.15) is 0 Å². The molecule has 2 aromatic heterocycles. The Hall–Kier alpha value is -1.66. The Balaban J connectivity index is 2.17. The van der Waals surface area contributed by atoms with E-state index in [0.717, 1.165) is 5.69 Å². The number of thiazole rings is 1. The molecule has 0 saturated carbocycles. The normalized spacial score (nSPS) is 10.3. The minimum atomic E-state index is -0.229. The molecule has 2 aromatic rings. The van der Waals surface area contributed by atoms with Crippen LogP contribution in [0.3, 0.4) is 0 Å². The first-order valence-electron chi connectivity index (χ1n) is 5.11. The van der Waals surface area contributed by atoms with Crippen LogP contribution < -0.4 is 5.73 Å². The van der Waals surface area contributed by atoms with Gasteiger partial charge in [-0.3, -0.25) is 4.79 Å². The molecule has 0 saturated heterocycles. The summed E-state index contributed by atoms with van der Waals surface area (Å²) in [6, 6.07) is 1.52. The maximum absolute atomic E-state index is 12.2. The number of rotatable bonds is 3. The van der Waals surface area contributed by atoms with E-state index in [4.69, 9.17) is 17.3 Å². The molecule has 0 bridgehead atoms. The second kappa shape index (κ2) is 5.32. The Morgan fingerprint density at radius 3 is 3.00 bits per heavy atom. The van der Waals surface area contributed by atoms with E-state index in [-0.39, 0.29) is 11.1 Å². The number of anilines is 1. The second-order valence-corrected chi connectivity index (χ2v) is 4.82. The standard InChI is InChI=1S/C11H11ClN4OS/c1-16(4-8-5-18-6-15-8)11(17)9-2-7(13)3-14-10(9)12/h2-3,5-6H,4,13H2,1H3. The minimum Gasteiger partial charge on any atom is -0.397 e. The molecule has 2 rings (SSSR count). The highest BCUT2D eigenvalue weighted by Gasteiger charge is 2.17. The van der Waals surface area contributed by atoms with Gasteiger partial charge in [0.15, 0.2) is 0 Å². The van der Waals surface area contributed by atoms with Crippen molar-refractivity contribution in [3.05, 3.63) is 39.6 Å². The summed E-state index contributed by atoms with van der Waals surface area (Å²) in [4.78, 5) is 21.7. The molecule has 2 N–H and O–H groups in total. The van der Waals surface area contributed by atoms with Crippen molar-refractivity contribution in [2.75, 3.05) is 12.8 Å². The Labute approximate surface area is 113 Å². The van der Waals surface area contributed by atoms with Crippen LogP contribution in [-0.4, -0.2) is 27.8 Å². The lowest BCUT2D eigenvalue weighted by Gasteiger charge is -2.16. The summed E-state index contributed by atoms with van der Waals surface area (Å²) >= 11 is 7.38. The molecule has 0 aliphatic heterocycles. The van der Waals surface area contributed by atoms with Crippen molar-refractivity contribution in [2.45, 2.75) is 6.54 Å². The molecule has 0 aliphatic rings. The fourth-order valence-corrected chi connectivity index (χ4v) is 2.18. The summed E-state index contributed by atoms with van der Waals surface area (Å²) in [5, 5.41) is 2.04. The van der Waals surface area contributed by atoms with Gasteiger partial charge in [0.05, 0.1) is 35.2 Å². The van der Waals surface area contributed by atoms with Crippen molar-refractivity contribution in [3.63, 3.8) is 0 Å². The summed E-state index contributed by atoms with van der Waals surface area (Å²) < 4.78 is 0. The van der Waals surface area contributed by atoms with Gasteiger partial charge in [0, 0.05) is 12.4 Å². The van der Waals surface area contributed by atoms with Crippen LogP contribution >= 0.6 is 22.9 Å². The van der Waals surface area contributed by atoms with Crippen molar-refractivity contribution in [3.8, 4) is 0 Å².